The molecule has 1 N–H and O–H groups in total. The molecule has 0 aromatic heterocycles. The maximum atomic E-state index is 12.2. The summed E-state index contributed by atoms with van der Waals surface area (Å²) in [7, 11) is 1.22. The zero-order chi connectivity index (χ0) is 15.0. The number of carboxylic acid groups (broad SMARTS) is 1. The molecule has 0 radical (unpaired) electrons. The van der Waals surface area contributed by atoms with Crippen LogP contribution in [-0.4, -0.2) is 53.3 Å². The summed E-state index contributed by atoms with van der Waals surface area (Å²) in [6.07, 6.45) is 1.00. The molecule has 0 rings (SSSR count). The highest BCUT2D eigenvalue weighted by atomic mass is 32.1. The number of nitrogens with zero attached hydrogens (tertiary/aromatic N) is 1. The SMILES string of the molecule is CCC[C@H](C(=O)OC)N(CC(=O)O)C(=O)[C@H](C)CS. The molecular formula is C12H21NO5S. The number of methoxy groups -OCH3 is 1. The maximum absolute atomic E-state index is 12.2. The van der Waals surface area contributed by atoms with Crippen molar-refractivity contribution in [3.8, 4) is 0 Å². The smallest absolute Gasteiger partial charge is 0.328 e. The minimum atomic E-state index is -1.16. The number of esters is 1. The first-order chi connectivity index (χ1) is 8.88. The van der Waals surface area contributed by atoms with E-state index < -0.39 is 36.4 Å². The largest absolute Gasteiger partial charge is 0.480 e. The van der Waals surface area contributed by atoms with Gasteiger partial charge >= 0.3 is 11.9 Å². The first-order valence-electron chi connectivity index (χ1n) is 6.09. The summed E-state index contributed by atoms with van der Waals surface area (Å²) in [5.74, 6) is -2.32. The van der Waals surface area contributed by atoms with Crippen LogP contribution in [0.3, 0.4) is 0 Å². The van der Waals surface area contributed by atoms with Crippen LogP contribution < -0.4 is 0 Å². The van der Waals surface area contributed by atoms with Crippen molar-refractivity contribution in [3.05, 3.63) is 0 Å². The number of thiol groups is 1. The van der Waals surface area contributed by atoms with Gasteiger partial charge in [-0.15, -0.1) is 0 Å². The molecule has 0 bridgehead atoms. The Bertz CT molecular complexity index is 334. The lowest BCUT2D eigenvalue weighted by Gasteiger charge is -2.30. The van der Waals surface area contributed by atoms with Crippen LogP contribution in [0, 0.1) is 5.92 Å². The second-order valence-corrected chi connectivity index (χ2v) is 4.64. The average Bonchev–Trinajstić information content (AvgIpc) is 2.39. The molecule has 6 nitrogen and oxygen atoms in total. The van der Waals surface area contributed by atoms with Crippen LogP contribution in [0.4, 0.5) is 0 Å². The second kappa shape index (κ2) is 8.79. The third kappa shape index (κ3) is 5.50. The summed E-state index contributed by atoms with van der Waals surface area (Å²) in [4.78, 5) is 35.8. The number of aliphatic carboxylic acids is 1. The minimum Gasteiger partial charge on any atom is -0.480 e. The molecule has 0 aliphatic rings. The zero-order valence-electron chi connectivity index (χ0n) is 11.5. The van der Waals surface area contributed by atoms with E-state index >= 15 is 0 Å². The molecule has 0 spiro atoms. The van der Waals surface area contributed by atoms with Crippen molar-refractivity contribution in [1.29, 1.82) is 0 Å². The third-order valence-electron chi connectivity index (χ3n) is 2.70. The lowest BCUT2D eigenvalue weighted by atomic mass is 10.1. The molecule has 0 aromatic carbocycles. The van der Waals surface area contributed by atoms with Gasteiger partial charge in [0.1, 0.15) is 12.6 Å². The predicted octanol–water partition coefficient (Wildman–Crippen LogP) is 0.807. The average molecular weight is 291 g/mol. The predicted molar refractivity (Wildman–Crippen MR) is 73.1 cm³/mol. The number of rotatable bonds is 8. The van der Waals surface area contributed by atoms with Gasteiger partial charge in [-0.05, 0) is 6.42 Å². The van der Waals surface area contributed by atoms with Crippen molar-refractivity contribution in [1.82, 2.24) is 4.90 Å². The molecular weight excluding hydrogens is 270 g/mol. The second-order valence-electron chi connectivity index (χ2n) is 4.27. The fourth-order valence-corrected chi connectivity index (χ4v) is 1.82. The summed E-state index contributed by atoms with van der Waals surface area (Å²) >= 11 is 4.02. The Balaban J connectivity index is 5.21. The Morgan fingerprint density at radius 2 is 1.95 bits per heavy atom. The molecule has 0 aliphatic carbocycles. The Labute approximate surface area is 118 Å². The van der Waals surface area contributed by atoms with Gasteiger partial charge in [-0.3, -0.25) is 9.59 Å². The van der Waals surface area contributed by atoms with E-state index in [1.165, 1.54) is 7.11 Å². The van der Waals surface area contributed by atoms with Crippen LogP contribution in [0.25, 0.3) is 0 Å². The van der Waals surface area contributed by atoms with Crippen molar-refractivity contribution in [2.75, 3.05) is 19.4 Å². The minimum absolute atomic E-state index is 0.287. The maximum Gasteiger partial charge on any atom is 0.328 e. The number of carbonyl (C=O) groups is 3. The van der Waals surface area contributed by atoms with E-state index in [1.807, 2.05) is 6.92 Å². The lowest BCUT2D eigenvalue weighted by Crippen LogP contribution is -2.50. The summed E-state index contributed by atoms with van der Waals surface area (Å²) in [5.41, 5.74) is 0. The molecule has 0 aliphatic heterocycles. The van der Waals surface area contributed by atoms with Gasteiger partial charge in [-0.1, -0.05) is 20.3 Å². The van der Waals surface area contributed by atoms with Gasteiger partial charge in [0.25, 0.3) is 0 Å². The van der Waals surface area contributed by atoms with E-state index in [4.69, 9.17) is 5.11 Å². The summed E-state index contributed by atoms with van der Waals surface area (Å²) in [5, 5.41) is 8.89. The van der Waals surface area contributed by atoms with Crippen LogP contribution in [0.2, 0.25) is 0 Å². The van der Waals surface area contributed by atoms with E-state index in [2.05, 4.69) is 17.4 Å². The van der Waals surface area contributed by atoms with E-state index in [0.717, 1.165) is 4.90 Å². The van der Waals surface area contributed by atoms with Crippen LogP contribution >= 0.6 is 12.6 Å². The fourth-order valence-electron chi connectivity index (χ4n) is 1.66. The van der Waals surface area contributed by atoms with Gasteiger partial charge < -0.3 is 14.7 Å². The molecule has 0 fully saturated rings. The van der Waals surface area contributed by atoms with E-state index in [1.54, 1.807) is 6.92 Å². The van der Waals surface area contributed by atoms with E-state index in [9.17, 15) is 14.4 Å². The van der Waals surface area contributed by atoms with Crippen LogP contribution in [0.5, 0.6) is 0 Å². The van der Waals surface area contributed by atoms with Crippen LogP contribution in [-0.2, 0) is 19.1 Å². The first kappa shape index (κ1) is 17.8. The van der Waals surface area contributed by atoms with E-state index in [-0.39, 0.29) is 5.75 Å². The molecule has 2 atom stereocenters. The molecule has 1 amide bonds. The third-order valence-corrected chi connectivity index (χ3v) is 3.24. The van der Waals surface area contributed by atoms with Crippen molar-refractivity contribution >= 4 is 30.5 Å². The van der Waals surface area contributed by atoms with Crippen molar-refractivity contribution in [3.63, 3.8) is 0 Å². The summed E-state index contributed by atoms with van der Waals surface area (Å²) in [6.45, 7) is 2.97. The highest BCUT2D eigenvalue weighted by Crippen LogP contribution is 2.14. The molecule has 19 heavy (non-hydrogen) atoms. The Kier molecular flexibility index (Phi) is 8.22. The Hall–Kier alpha value is -1.24. The number of hydrogen-bond acceptors (Lipinski definition) is 5. The molecule has 110 valence electrons. The summed E-state index contributed by atoms with van der Waals surface area (Å²) < 4.78 is 4.65. The first-order valence-corrected chi connectivity index (χ1v) is 6.73. The highest BCUT2D eigenvalue weighted by molar-refractivity contribution is 7.80. The Morgan fingerprint density at radius 1 is 1.37 bits per heavy atom. The standard InChI is InChI=1S/C12H21NO5S/c1-4-5-9(12(17)18-3)13(6-10(14)15)11(16)8(2)7-19/h8-9,19H,4-7H2,1-3H3,(H,14,15)/t8-,9-/m1/s1. The lowest BCUT2D eigenvalue weighted by molar-refractivity contribution is -0.157. The molecule has 0 saturated heterocycles. The quantitative estimate of drug-likeness (QED) is 0.510. The fraction of sp³-hybridized carbons (Fsp3) is 0.750. The molecule has 7 heteroatoms. The molecule has 0 saturated carbocycles. The van der Waals surface area contributed by atoms with Gasteiger partial charge in [0.15, 0.2) is 0 Å². The number of hydrogen-bond donors (Lipinski definition) is 2. The monoisotopic (exact) mass is 291 g/mol. The van der Waals surface area contributed by atoms with Crippen LogP contribution in [0.1, 0.15) is 26.7 Å². The normalized spacial score (nSPS) is 13.5. The number of ether oxygens (including phenoxy) is 1. The van der Waals surface area contributed by atoms with Gasteiger partial charge in [0, 0.05) is 11.7 Å². The van der Waals surface area contributed by atoms with Gasteiger partial charge in [-0.2, -0.15) is 12.6 Å². The van der Waals surface area contributed by atoms with Crippen molar-refractivity contribution < 1.29 is 24.2 Å². The number of amides is 1. The zero-order valence-corrected chi connectivity index (χ0v) is 12.4. The van der Waals surface area contributed by atoms with E-state index in [0.29, 0.717) is 12.8 Å². The number of carbonyl (C=O) groups excluding carboxylic acids is 2. The molecule has 0 aromatic rings. The van der Waals surface area contributed by atoms with Gasteiger partial charge in [-0.25, -0.2) is 4.79 Å². The van der Waals surface area contributed by atoms with Gasteiger partial charge in [0.2, 0.25) is 5.91 Å². The van der Waals surface area contributed by atoms with Crippen molar-refractivity contribution in [2.24, 2.45) is 5.92 Å². The number of carboxylic acids is 1. The van der Waals surface area contributed by atoms with Crippen molar-refractivity contribution in [2.45, 2.75) is 32.7 Å². The van der Waals surface area contributed by atoms with Gasteiger partial charge in [0.05, 0.1) is 7.11 Å². The summed E-state index contributed by atoms with van der Waals surface area (Å²) in [6, 6.07) is -0.860. The topological polar surface area (TPSA) is 83.9 Å². The van der Waals surface area contributed by atoms with Crippen LogP contribution in [0.15, 0.2) is 0 Å². The highest BCUT2D eigenvalue weighted by Gasteiger charge is 2.33. The molecule has 0 heterocycles. The Morgan fingerprint density at radius 3 is 2.32 bits per heavy atom. The molecule has 0 unspecified atom stereocenters.